The molecule has 0 N–H and O–H groups in total. The van der Waals surface area contributed by atoms with Crippen molar-refractivity contribution in [2.45, 2.75) is 13.5 Å². The highest BCUT2D eigenvalue weighted by molar-refractivity contribution is 7.91. The van der Waals surface area contributed by atoms with Crippen LogP contribution in [-0.4, -0.2) is 54.6 Å². The van der Waals surface area contributed by atoms with Gasteiger partial charge in [-0.25, -0.2) is 13.4 Å². The predicted molar refractivity (Wildman–Crippen MR) is 128 cm³/mol. The molecule has 5 rings (SSSR count). The lowest BCUT2D eigenvalue weighted by atomic mass is 10.1. The molecule has 3 aromatic rings. The van der Waals surface area contributed by atoms with Crippen LogP contribution in [0.2, 0.25) is 0 Å². The minimum absolute atomic E-state index is 0.193. The summed E-state index contributed by atoms with van der Waals surface area (Å²) in [5.41, 5.74) is 3.88. The summed E-state index contributed by atoms with van der Waals surface area (Å²) < 4.78 is 23.3. The van der Waals surface area contributed by atoms with Gasteiger partial charge in [0, 0.05) is 37.5 Å². The van der Waals surface area contributed by atoms with Gasteiger partial charge >= 0.3 is 0 Å². The molecule has 1 aromatic heterocycles. The molecule has 7 nitrogen and oxygen atoms in total. The summed E-state index contributed by atoms with van der Waals surface area (Å²) in [6.45, 7) is 3.23. The fourth-order valence-electron chi connectivity index (χ4n) is 4.38. The smallest absolute Gasteiger partial charge is 0.228 e. The van der Waals surface area contributed by atoms with Crippen LogP contribution in [0.15, 0.2) is 60.3 Å². The van der Waals surface area contributed by atoms with Crippen molar-refractivity contribution in [3.63, 3.8) is 0 Å². The number of allylic oxidation sites excluding steroid dienone is 1. The molecule has 0 aliphatic carbocycles. The van der Waals surface area contributed by atoms with Gasteiger partial charge in [-0.15, -0.1) is 0 Å². The van der Waals surface area contributed by atoms with Crippen LogP contribution in [-0.2, 0) is 21.2 Å². The van der Waals surface area contributed by atoms with Crippen molar-refractivity contribution in [3.8, 4) is 0 Å². The topological polar surface area (TPSA) is 87.7 Å². The van der Waals surface area contributed by atoms with Gasteiger partial charge in [0.25, 0.3) is 0 Å². The molecule has 1 fully saturated rings. The Kier molecular flexibility index (Phi) is 5.34. The van der Waals surface area contributed by atoms with Gasteiger partial charge in [-0.2, -0.15) is 0 Å². The molecule has 168 valence electrons. The number of rotatable bonds is 3. The second-order valence-corrected chi connectivity index (χ2v) is 10.7. The van der Waals surface area contributed by atoms with Crippen LogP contribution in [0.3, 0.4) is 0 Å². The van der Waals surface area contributed by atoms with E-state index < -0.39 is 9.84 Å². The minimum atomic E-state index is -2.89. The second-order valence-electron chi connectivity index (χ2n) is 8.42. The normalized spacial score (nSPS) is 19.2. The highest BCUT2D eigenvalue weighted by atomic mass is 32.2. The van der Waals surface area contributed by atoms with Crippen LogP contribution in [0, 0.1) is 0 Å². The number of hydrogen-bond donors (Lipinski definition) is 0. The number of amides is 1. The summed E-state index contributed by atoms with van der Waals surface area (Å²) in [5, 5.41) is 0.962. The molecule has 1 amide bonds. The Hall–Kier alpha value is -3.36. The molecule has 1 saturated heterocycles. The van der Waals surface area contributed by atoms with E-state index in [2.05, 4.69) is 16.0 Å². The van der Waals surface area contributed by atoms with E-state index in [4.69, 9.17) is 0 Å². The number of anilines is 1. The number of Topliss-reactive ketones (excluding diaryl/α,β-unsaturated/α-hetero) is 1. The van der Waals surface area contributed by atoms with Gasteiger partial charge in [-0.1, -0.05) is 24.3 Å². The van der Waals surface area contributed by atoms with Gasteiger partial charge < -0.3 is 0 Å². The van der Waals surface area contributed by atoms with E-state index in [1.165, 1.54) is 11.8 Å². The molecular formula is C25H23N3O4S. The number of sulfone groups is 1. The van der Waals surface area contributed by atoms with Crippen molar-refractivity contribution in [3.05, 3.63) is 77.1 Å². The Balaban J connectivity index is 1.41. The van der Waals surface area contributed by atoms with Crippen molar-refractivity contribution in [1.82, 2.24) is 9.88 Å². The number of carbonyl (C=O) groups excluding carboxylic acids is 2. The monoisotopic (exact) mass is 461 g/mol. The molecule has 0 saturated carbocycles. The van der Waals surface area contributed by atoms with E-state index in [0.717, 1.165) is 16.5 Å². The van der Waals surface area contributed by atoms with E-state index in [-0.39, 0.29) is 23.2 Å². The molecule has 0 radical (unpaired) electrons. The van der Waals surface area contributed by atoms with Crippen LogP contribution < -0.4 is 4.90 Å². The first-order chi connectivity index (χ1) is 15.8. The first-order valence-corrected chi connectivity index (χ1v) is 12.6. The number of pyridine rings is 1. The fourth-order valence-corrected chi connectivity index (χ4v) is 5.65. The van der Waals surface area contributed by atoms with Crippen LogP contribution in [0.1, 0.15) is 28.5 Å². The van der Waals surface area contributed by atoms with Crippen LogP contribution in [0.4, 0.5) is 5.69 Å². The van der Waals surface area contributed by atoms with Crippen molar-refractivity contribution in [1.29, 1.82) is 0 Å². The summed E-state index contributed by atoms with van der Waals surface area (Å²) in [6.07, 6.45) is 1.66. The Morgan fingerprint density at radius 3 is 2.58 bits per heavy atom. The molecule has 0 spiro atoms. The molecule has 2 aromatic carbocycles. The van der Waals surface area contributed by atoms with Gasteiger partial charge in [-0.05, 0) is 42.0 Å². The van der Waals surface area contributed by atoms with Gasteiger partial charge in [0.2, 0.25) is 11.7 Å². The summed E-state index contributed by atoms with van der Waals surface area (Å²) in [7, 11) is -2.89. The first-order valence-electron chi connectivity index (χ1n) is 10.8. The van der Waals surface area contributed by atoms with Gasteiger partial charge in [0.1, 0.15) is 0 Å². The maximum atomic E-state index is 12.9. The van der Waals surface area contributed by atoms with E-state index >= 15 is 0 Å². The predicted octanol–water partition coefficient (Wildman–Crippen LogP) is 3.06. The third-order valence-electron chi connectivity index (χ3n) is 6.08. The number of nitrogens with zero attached hydrogens (tertiary/aromatic N) is 3. The second kappa shape index (κ2) is 8.20. The number of carbonyl (C=O) groups is 2. The first kappa shape index (κ1) is 21.5. The highest BCUT2D eigenvalue weighted by Crippen LogP contribution is 2.35. The largest absolute Gasteiger partial charge is 0.297 e. The zero-order valence-corrected chi connectivity index (χ0v) is 19.0. The molecule has 2 aliphatic rings. The van der Waals surface area contributed by atoms with Crippen molar-refractivity contribution >= 4 is 44.2 Å². The third-order valence-corrected chi connectivity index (χ3v) is 7.69. The lowest BCUT2D eigenvalue weighted by molar-refractivity contribution is -0.116. The van der Waals surface area contributed by atoms with Gasteiger partial charge in [0.15, 0.2) is 9.84 Å². The van der Waals surface area contributed by atoms with Crippen LogP contribution >= 0.6 is 0 Å². The molecule has 0 atom stereocenters. The van der Waals surface area contributed by atoms with E-state index in [1.54, 1.807) is 30.3 Å². The maximum absolute atomic E-state index is 12.9. The SMILES string of the molecule is CC(=O)N1/C(=C/c2ccc3cc(CN4CCS(=O)(=O)CC4)ccc3n2)C(=O)c2ccccc21. The van der Waals surface area contributed by atoms with Crippen molar-refractivity contribution in [2.24, 2.45) is 0 Å². The molecule has 8 heteroatoms. The van der Waals surface area contributed by atoms with Crippen LogP contribution in [0.5, 0.6) is 0 Å². The number of aromatic nitrogens is 1. The number of para-hydroxylation sites is 1. The van der Waals surface area contributed by atoms with Gasteiger partial charge in [-0.3, -0.25) is 19.4 Å². The van der Waals surface area contributed by atoms with Crippen molar-refractivity contribution in [2.75, 3.05) is 29.5 Å². The molecule has 0 bridgehead atoms. The number of fused-ring (bicyclic) bond motifs is 2. The maximum Gasteiger partial charge on any atom is 0.228 e. The van der Waals surface area contributed by atoms with Crippen molar-refractivity contribution < 1.29 is 18.0 Å². The lowest BCUT2D eigenvalue weighted by Crippen LogP contribution is -2.39. The third kappa shape index (κ3) is 4.19. The summed E-state index contributed by atoms with van der Waals surface area (Å²) in [4.78, 5) is 33.5. The average Bonchev–Trinajstić information content (AvgIpc) is 3.07. The Morgan fingerprint density at radius 2 is 1.82 bits per heavy atom. The lowest BCUT2D eigenvalue weighted by Gasteiger charge is -2.26. The zero-order valence-electron chi connectivity index (χ0n) is 18.2. The van der Waals surface area contributed by atoms with E-state index in [1.807, 2.05) is 24.3 Å². The summed E-state index contributed by atoms with van der Waals surface area (Å²) in [6, 6.07) is 16.8. The van der Waals surface area contributed by atoms with E-state index in [9.17, 15) is 18.0 Å². The fraction of sp³-hybridized carbons (Fsp3) is 0.240. The Labute approximate surface area is 192 Å². The molecule has 2 aliphatic heterocycles. The Morgan fingerprint density at radius 1 is 1.06 bits per heavy atom. The number of hydrogen-bond acceptors (Lipinski definition) is 6. The zero-order chi connectivity index (χ0) is 23.2. The highest BCUT2D eigenvalue weighted by Gasteiger charge is 2.34. The number of benzene rings is 2. The van der Waals surface area contributed by atoms with E-state index in [0.29, 0.717) is 42.3 Å². The van der Waals surface area contributed by atoms with Gasteiger partial charge in [0.05, 0.1) is 34.1 Å². The molecule has 0 unspecified atom stereocenters. The molecule has 3 heterocycles. The average molecular weight is 462 g/mol. The quantitative estimate of drug-likeness (QED) is 0.557. The minimum Gasteiger partial charge on any atom is -0.297 e. The summed E-state index contributed by atoms with van der Waals surface area (Å²) >= 11 is 0. The van der Waals surface area contributed by atoms with Crippen LogP contribution in [0.25, 0.3) is 17.0 Å². The molecular weight excluding hydrogens is 438 g/mol. The number of ketones is 1. The summed E-state index contributed by atoms with van der Waals surface area (Å²) in [5.74, 6) is -0.00263. The Bertz CT molecular complexity index is 1410. The molecule has 33 heavy (non-hydrogen) atoms. The standard InChI is InChI=1S/C25H23N3O4S/c1-17(29)28-23-5-3-2-4-21(23)25(30)24(28)15-20-8-7-19-14-18(6-9-22(19)26-20)16-27-10-12-33(31,32)13-11-27/h2-9,14-15H,10-13,16H2,1H3/b24-15+.